The van der Waals surface area contributed by atoms with E-state index in [0.717, 1.165) is 29.6 Å². The molecular weight excluding hydrogens is 348 g/mol. The summed E-state index contributed by atoms with van der Waals surface area (Å²) in [5.74, 6) is 0.419. The number of amides is 2. The van der Waals surface area contributed by atoms with Gasteiger partial charge in [-0.25, -0.2) is 0 Å². The van der Waals surface area contributed by atoms with E-state index in [1.807, 2.05) is 36.4 Å². The molecule has 1 N–H and O–H groups in total. The van der Waals surface area contributed by atoms with Gasteiger partial charge >= 0.3 is 0 Å². The maximum absolute atomic E-state index is 11.6. The Kier molecular flexibility index (Phi) is 4.50. The monoisotopic (exact) mass is 364 g/mol. The molecule has 0 atom stereocenters. The zero-order chi connectivity index (χ0) is 17.9. The van der Waals surface area contributed by atoms with E-state index in [4.69, 9.17) is 4.74 Å². The first kappa shape index (κ1) is 16.5. The van der Waals surface area contributed by atoms with E-state index in [1.165, 1.54) is 10.9 Å². The zero-order valence-corrected chi connectivity index (χ0v) is 14.7. The number of aromatic nitrogens is 1. The average Bonchev–Trinajstić information content (AvgIpc) is 3.19. The molecule has 0 aliphatic carbocycles. The number of para-hydroxylation sites is 1. The van der Waals surface area contributed by atoms with Gasteiger partial charge in [0.05, 0.1) is 11.4 Å². The van der Waals surface area contributed by atoms with Crippen LogP contribution in [0.25, 0.3) is 17.0 Å². The Labute approximate surface area is 154 Å². The lowest BCUT2D eigenvalue weighted by Gasteiger charge is -2.08. The van der Waals surface area contributed by atoms with Gasteiger partial charge in [-0.3, -0.25) is 14.9 Å². The molecule has 5 nitrogen and oxygen atoms in total. The van der Waals surface area contributed by atoms with Crippen LogP contribution in [-0.2, 0) is 11.3 Å². The minimum atomic E-state index is -0.348. The number of fused-ring (bicyclic) bond motifs is 1. The van der Waals surface area contributed by atoms with E-state index in [2.05, 4.69) is 34.3 Å². The number of nitrogens with one attached hydrogen (secondary N) is 1. The van der Waals surface area contributed by atoms with Crippen molar-refractivity contribution < 1.29 is 14.3 Å². The van der Waals surface area contributed by atoms with E-state index in [1.54, 1.807) is 6.08 Å². The Balaban J connectivity index is 1.37. The number of imide groups is 1. The Bertz CT molecular complexity index is 1010. The van der Waals surface area contributed by atoms with Crippen molar-refractivity contribution in [3.63, 3.8) is 0 Å². The summed E-state index contributed by atoms with van der Waals surface area (Å²) in [4.78, 5) is 23.1. The smallest absolute Gasteiger partial charge is 0.290 e. The van der Waals surface area contributed by atoms with Crippen LogP contribution in [0.2, 0.25) is 0 Å². The second kappa shape index (κ2) is 7.09. The molecule has 3 aromatic rings. The van der Waals surface area contributed by atoms with Crippen LogP contribution in [0, 0.1) is 0 Å². The second-order valence-corrected chi connectivity index (χ2v) is 6.85. The van der Waals surface area contributed by atoms with Gasteiger partial charge in [0.15, 0.2) is 0 Å². The summed E-state index contributed by atoms with van der Waals surface area (Å²) in [7, 11) is 0. The molecule has 0 bridgehead atoms. The summed E-state index contributed by atoms with van der Waals surface area (Å²) < 4.78 is 7.98. The number of benzene rings is 2. The fraction of sp³-hybridized carbons (Fsp3) is 0.100. The second-order valence-electron chi connectivity index (χ2n) is 5.84. The topological polar surface area (TPSA) is 60.3 Å². The Hall–Kier alpha value is -2.99. The minimum absolute atomic E-state index is 0.335. The predicted octanol–water partition coefficient (Wildman–Crippen LogP) is 4.04. The third-order valence-corrected chi connectivity index (χ3v) is 4.91. The Morgan fingerprint density at radius 3 is 2.62 bits per heavy atom. The van der Waals surface area contributed by atoms with Gasteiger partial charge in [-0.2, -0.15) is 0 Å². The largest absolute Gasteiger partial charge is 0.492 e. The fourth-order valence-corrected chi connectivity index (χ4v) is 3.51. The van der Waals surface area contributed by atoms with Crippen molar-refractivity contribution in [1.29, 1.82) is 0 Å². The minimum Gasteiger partial charge on any atom is -0.492 e. The van der Waals surface area contributed by atoms with Crippen LogP contribution in [0.5, 0.6) is 5.75 Å². The van der Waals surface area contributed by atoms with E-state index < -0.39 is 0 Å². The fourth-order valence-electron chi connectivity index (χ4n) is 2.83. The van der Waals surface area contributed by atoms with E-state index >= 15 is 0 Å². The van der Waals surface area contributed by atoms with Crippen LogP contribution in [-0.4, -0.2) is 22.3 Å². The van der Waals surface area contributed by atoms with Gasteiger partial charge in [0.1, 0.15) is 12.4 Å². The number of rotatable bonds is 5. The average molecular weight is 364 g/mol. The van der Waals surface area contributed by atoms with Gasteiger partial charge in [-0.05, 0) is 53.1 Å². The summed E-state index contributed by atoms with van der Waals surface area (Å²) in [6.07, 6.45) is 3.76. The molecule has 6 heteroatoms. The molecule has 2 amide bonds. The van der Waals surface area contributed by atoms with Crippen LogP contribution >= 0.6 is 11.8 Å². The van der Waals surface area contributed by atoms with Crippen LogP contribution in [0.3, 0.4) is 0 Å². The molecule has 1 aromatic heterocycles. The molecule has 0 saturated carbocycles. The van der Waals surface area contributed by atoms with Crippen molar-refractivity contribution in [3.8, 4) is 5.75 Å². The summed E-state index contributed by atoms with van der Waals surface area (Å²) in [5, 5.41) is 3.13. The summed E-state index contributed by atoms with van der Waals surface area (Å²) in [5.41, 5.74) is 2.04. The molecule has 0 radical (unpaired) electrons. The zero-order valence-electron chi connectivity index (χ0n) is 13.8. The maximum Gasteiger partial charge on any atom is 0.290 e. The molecule has 2 heterocycles. The van der Waals surface area contributed by atoms with Crippen molar-refractivity contribution in [2.24, 2.45) is 0 Å². The SMILES string of the molecule is O=C1NC(=O)/C(=C/c2ccc(OCCn3ccc4ccccc43)cc2)S1. The quantitative estimate of drug-likeness (QED) is 0.694. The van der Waals surface area contributed by atoms with Crippen LogP contribution < -0.4 is 10.1 Å². The first-order chi connectivity index (χ1) is 12.7. The van der Waals surface area contributed by atoms with Crippen molar-refractivity contribution in [2.45, 2.75) is 6.54 Å². The molecule has 1 saturated heterocycles. The first-order valence-electron chi connectivity index (χ1n) is 8.21. The van der Waals surface area contributed by atoms with Gasteiger partial charge in [0, 0.05) is 11.7 Å². The molecule has 1 aliphatic rings. The first-order valence-corrected chi connectivity index (χ1v) is 9.02. The normalized spacial score (nSPS) is 15.6. The lowest BCUT2D eigenvalue weighted by molar-refractivity contribution is -0.115. The molecule has 1 fully saturated rings. The summed E-state index contributed by atoms with van der Waals surface area (Å²) in [6.45, 7) is 1.32. The van der Waals surface area contributed by atoms with Gasteiger partial charge in [0.25, 0.3) is 11.1 Å². The Morgan fingerprint density at radius 1 is 1.04 bits per heavy atom. The molecule has 2 aromatic carbocycles. The summed E-state index contributed by atoms with van der Waals surface area (Å²) in [6, 6.07) is 17.8. The van der Waals surface area contributed by atoms with Crippen molar-refractivity contribution >= 4 is 39.9 Å². The van der Waals surface area contributed by atoms with E-state index in [-0.39, 0.29) is 11.1 Å². The number of thioether (sulfide) groups is 1. The predicted molar refractivity (Wildman–Crippen MR) is 103 cm³/mol. The van der Waals surface area contributed by atoms with Crippen LogP contribution in [0.15, 0.2) is 65.7 Å². The van der Waals surface area contributed by atoms with Crippen LogP contribution in [0.1, 0.15) is 5.56 Å². The molecule has 130 valence electrons. The lowest BCUT2D eigenvalue weighted by atomic mass is 10.2. The van der Waals surface area contributed by atoms with E-state index in [9.17, 15) is 9.59 Å². The van der Waals surface area contributed by atoms with Gasteiger partial charge in [0.2, 0.25) is 0 Å². The highest BCUT2D eigenvalue weighted by atomic mass is 32.2. The van der Waals surface area contributed by atoms with E-state index in [0.29, 0.717) is 11.5 Å². The highest BCUT2D eigenvalue weighted by Gasteiger charge is 2.24. The third kappa shape index (κ3) is 3.50. The highest BCUT2D eigenvalue weighted by Crippen LogP contribution is 2.26. The summed E-state index contributed by atoms with van der Waals surface area (Å²) >= 11 is 0.913. The van der Waals surface area contributed by atoms with Crippen molar-refractivity contribution in [3.05, 3.63) is 71.3 Å². The number of carbonyl (C=O) groups is 2. The molecule has 4 rings (SSSR count). The number of nitrogens with zero attached hydrogens (tertiary/aromatic N) is 1. The molecule has 0 unspecified atom stereocenters. The molecule has 1 aliphatic heterocycles. The number of ether oxygens (including phenoxy) is 1. The third-order valence-electron chi connectivity index (χ3n) is 4.10. The number of hydrogen-bond acceptors (Lipinski definition) is 4. The maximum atomic E-state index is 11.6. The van der Waals surface area contributed by atoms with Gasteiger partial charge in [-0.1, -0.05) is 30.3 Å². The van der Waals surface area contributed by atoms with Crippen molar-refractivity contribution in [2.75, 3.05) is 6.61 Å². The highest BCUT2D eigenvalue weighted by molar-refractivity contribution is 8.18. The van der Waals surface area contributed by atoms with Gasteiger partial charge in [-0.15, -0.1) is 0 Å². The lowest BCUT2D eigenvalue weighted by Crippen LogP contribution is -2.17. The standard InChI is InChI=1S/C20H16N2O3S/c23-19-18(26-20(24)21-19)13-14-5-7-16(8-6-14)25-12-11-22-10-9-15-3-1-2-4-17(15)22/h1-10,13H,11-12H2,(H,21,23,24)/b18-13-. The van der Waals surface area contributed by atoms with Crippen LogP contribution in [0.4, 0.5) is 4.79 Å². The molecule has 26 heavy (non-hydrogen) atoms. The van der Waals surface area contributed by atoms with Gasteiger partial charge < -0.3 is 9.30 Å². The molecular formula is C20H16N2O3S. The Morgan fingerprint density at radius 2 is 1.85 bits per heavy atom. The van der Waals surface area contributed by atoms with Crippen molar-refractivity contribution in [1.82, 2.24) is 9.88 Å². The molecule has 0 spiro atoms. The number of hydrogen-bond donors (Lipinski definition) is 1. The number of carbonyl (C=O) groups excluding carboxylic acids is 2.